The molecule has 8 heteroatoms. The lowest BCUT2D eigenvalue weighted by Crippen LogP contribution is -2.26. The van der Waals surface area contributed by atoms with Crippen LogP contribution < -0.4 is 5.32 Å². The highest BCUT2D eigenvalue weighted by Crippen LogP contribution is 1.98. The average Bonchev–Trinajstić information content (AvgIpc) is 2.89. The number of aliphatic hydroxyl groups is 1. The summed E-state index contributed by atoms with van der Waals surface area (Å²) in [6.45, 7) is 5.04. The summed E-state index contributed by atoms with van der Waals surface area (Å²) in [6, 6.07) is 0. The molecule has 0 bridgehead atoms. The number of ether oxygens (including phenoxy) is 3. The predicted octanol–water partition coefficient (Wildman–Crippen LogP) is -0.573. The molecule has 0 radical (unpaired) electrons. The molecule has 2 unspecified atom stereocenters. The van der Waals surface area contributed by atoms with E-state index in [4.69, 9.17) is 14.2 Å². The van der Waals surface area contributed by atoms with Gasteiger partial charge in [0.2, 0.25) is 0 Å². The molecule has 1 heterocycles. The van der Waals surface area contributed by atoms with Crippen molar-refractivity contribution in [1.29, 1.82) is 0 Å². The number of methoxy groups -OCH3 is 2. The van der Waals surface area contributed by atoms with Crippen LogP contribution in [0, 0.1) is 0 Å². The summed E-state index contributed by atoms with van der Waals surface area (Å²) in [6.07, 6.45) is 1.14. The highest BCUT2D eigenvalue weighted by molar-refractivity contribution is 4.91. The number of aliphatic hydroxyl groups excluding tert-OH is 1. The molecule has 122 valence electrons. The summed E-state index contributed by atoms with van der Waals surface area (Å²) >= 11 is 0. The third kappa shape index (κ3) is 8.08. The summed E-state index contributed by atoms with van der Waals surface area (Å²) in [5, 5.41) is 21.1. The molecule has 0 aliphatic heterocycles. The zero-order valence-corrected chi connectivity index (χ0v) is 13.0. The van der Waals surface area contributed by atoms with Crippen LogP contribution in [-0.4, -0.2) is 72.9 Å². The van der Waals surface area contributed by atoms with Gasteiger partial charge in [0.05, 0.1) is 44.3 Å². The standard InChI is InChI=1S/C13H26N4O4/c1-11(9-20-3)21-10-13(18)8-17-7-12(15-16-17)6-14-4-5-19-2/h7,11,13-14,18H,4-6,8-10H2,1-3H3. The molecule has 0 aliphatic rings. The molecular formula is C13H26N4O4. The Morgan fingerprint density at radius 2 is 2.14 bits per heavy atom. The molecule has 0 aromatic carbocycles. The van der Waals surface area contributed by atoms with Gasteiger partial charge in [0.1, 0.15) is 0 Å². The Balaban J connectivity index is 2.23. The molecule has 0 amide bonds. The summed E-state index contributed by atoms with van der Waals surface area (Å²) < 4.78 is 17.0. The van der Waals surface area contributed by atoms with Crippen molar-refractivity contribution in [3.63, 3.8) is 0 Å². The Bertz CT molecular complexity index is 375. The van der Waals surface area contributed by atoms with Crippen LogP contribution in [0.2, 0.25) is 0 Å². The van der Waals surface area contributed by atoms with Gasteiger partial charge in [-0.05, 0) is 6.92 Å². The van der Waals surface area contributed by atoms with Gasteiger partial charge in [-0.15, -0.1) is 5.10 Å². The van der Waals surface area contributed by atoms with E-state index in [1.807, 2.05) is 13.1 Å². The van der Waals surface area contributed by atoms with Gasteiger partial charge in [0, 0.05) is 33.5 Å². The molecule has 21 heavy (non-hydrogen) atoms. The van der Waals surface area contributed by atoms with Crippen LogP contribution in [0.1, 0.15) is 12.6 Å². The second kappa shape index (κ2) is 10.6. The highest BCUT2D eigenvalue weighted by Gasteiger charge is 2.10. The summed E-state index contributed by atoms with van der Waals surface area (Å²) in [4.78, 5) is 0. The molecule has 1 aromatic heterocycles. The number of aromatic nitrogens is 3. The van der Waals surface area contributed by atoms with Crippen molar-refractivity contribution in [2.24, 2.45) is 0 Å². The second-order valence-corrected chi connectivity index (χ2v) is 4.85. The highest BCUT2D eigenvalue weighted by atomic mass is 16.5. The fourth-order valence-corrected chi connectivity index (χ4v) is 1.73. The molecular weight excluding hydrogens is 276 g/mol. The summed E-state index contributed by atoms with van der Waals surface area (Å²) in [5.74, 6) is 0. The minimum absolute atomic E-state index is 0.0408. The normalized spacial score (nSPS) is 14.3. The number of hydrogen-bond donors (Lipinski definition) is 2. The van der Waals surface area contributed by atoms with E-state index in [2.05, 4.69) is 15.6 Å². The van der Waals surface area contributed by atoms with Crippen LogP contribution in [0.25, 0.3) is 0 Å². The molecule has 0 spiro atoms. The molecule has 2 N–H and O–H groups in total. The van der Waals surface area contributed by atoms with Gasteiger partial charge in [0.15, 0.2) is 0 Å². The first-order chi connectivity index (χ1) is 10.2. The Hall–Kier alpha value is -1.06. The zero-order chi connectivity index (χ0) is 15.5. The van der Waals surface area contributed by atoms with Gasteiger partial charge >= 0.3 is 0 Å². The molecule has 0 saturated heterocycles. The fourth-order valence-electron chi connectivity index (χ4n) is 1.73. The van der Waals surface area contributed by atoms with Crippen LogP contribution in [0.3, 0.4) is 0 Å². The smallest absolute Gasteiger partial charge is 0.0969 e. The van der Waals surface area contributed by atoms with E-state index >= 15 is 0 Å². The molecule has 1 aromatic rings. The van der Waals surface area contributed by atoms with Crippen LogP contribution in [0.5, 0.6) is 0 Å². The van der Waals surface area contributed by atoms with Gasteiger partial charge in [-0.25, -0.2) is 4.68 Å². The maximum Gasteiger partial charge on any atom is 0.0969 e. The van der Waals surface area contributed by atoms with Gasteiger partial charge in [-0.2, -0.15) is 0 Å². The average molecular weight is 302 g/mol. The van der Waals surface area contributed by atoms with E-state index in [0.29, 0.717) is 26.3 Å². The van der Waals surface area contributed by atoms with Crippen LogP contribution >= 0.6 is 0 Å². The van der Waals surface area contributed by atoms with Crippen molar-refractivity contribution in [3.05, 3.63) is 11.9 Å². The van der Waals surface area contributed by atoms with Gasteiger partial charge in [-0.3, -0.25) is 0 Å². The van der Waals surface area contributed by atoms with Crippen LogP contribution in [0.4, 0.5) is 0 Å². The first-order valence-electron chi connectivity index (χ1n) is 7.03. The Morgan fingerprint density at radius 3 is 2.86 bits per heavy atom. The van der Waals surface area contributed by atoms with Crippen LogP contribution in [-0.2, 0) is 27.3 Å². The largest absolute Gasteiger partial charge is 0.389 e. The van der Waals surface area contributed by atoms with Gasteiger partial charge < -0.3 is 24.6 Å². The summed E-state index contributed by atoms with van der Waals surface area (Å²) in [5.41, 5.74) is 0.826. The molecule has 8 nitrogen and oxygen atoms in total. The van der Waals surface area contributed by atoms with E-state index in [1.165, 1.54) is 0 Å². The maximum absolute atomic E-state index is 9.89. The second-order valence-electron chi connectivity index (χ2n) is 4.85. The van der Waals surface area contributed by atoms with Crippen molar-refractivity contribution in [1.82, 2.24) is 20.3 Å². The number of nitrogens with zero attached hydrogens (tertiary/aromatic N) is 3. The van der Waals surface area contributed by atoms with Crippen LogP contribution in [0.15, 0.2) is 6.20 Å². The Kier molecular flexibility index (Phi) is 9.11. The van der Waals surface area contributed by atoms with E-state index in [0.717, 1.165) is 12.2 Å². The minimum atomic E-state index is -0.625. The first kappa shape index (κ1) is 18.0. The van der Waals surface area contributed by atoms with E-state index in [1.54, 1.807) is 18.9 Å². The SMILES string of the molecule is COCCNCc1cn(CC(O)COC(C)COC)nn1. The van der Waals surface area contributed by atoms with Crippen molar-refractivity contribution >= 4 is 0 Å². The van der Waals surface area contributed by atoms with E-state index in [9.17, 15) is 5.11 Å². The van der Waals surface area contributed by atoms with Crippen molar-refractivity contribution in [2.75, 3.05) is 40.6 Å². The number of hydrogen-bond acceptors (Lipinski definition) is 7. The van der Waals surface area contributed by atoms with Crippen molar-refractivity contribution < 1.29 is 19.3 Å². The molecule has 1 rings (SSSR count). The van der Waals surface area contributed by atoms with E-state index in [-0.39, 0.29) is 12.7 Å². The van der Waals surface area contributed by atoms with Gasteiger partial charge in [-0.1, -0.05) is 5.21 Å². The topological polar surface area (TPSA) is 90.7 Å². The molecule has 2 atom stereocenters. The Morgan fingerprint density at radius 1 is 1.33 bits per heavy atom. The van der Waals surface area contributed by atoms with Crippen molar-refractivity contribution in [3.8, 4) is 0 Å². The van der Waals surface area contributed by atoms with Crippen molar-refractivity contribution in [2.45, 2.75) is 32.2 Å². The number of rotatable bonds is 12. The maximum atomic E-state index is 9.89. The monoisotopic (exact) mass is 302 g/mol. The van der Waals surface area contributed by atoms with E-state index < -0.39 is 6.10 Å². The molecule has 0 saturated carbocycles. The lowest BCUT2D eigenvalue weighted by Gasteiger charge is -2.15. The third-order valence-corrected chi connectivity index (χ3v) is 2.75. The minimum Gasteiger partial charge on any atom is -0.389 e. The summed E-state index contributed by atoms with van der Waals surface area (Å²) in [7, 11) is 3.28. The quantitative estimate of drug-likeness (QED) is 0.499. The fraction of sp³-hybridized carbons (Fsp3) is 0.846. The zero-order valence-electron chi connectivity index (χ0n) is 13.0. The van der Waals surface area contributed by atoms with Gasteiger partial charge in [0.25, 0.3) is 0 Å². The Labute approximate surface area is 125 Å². The lowest BCUT2D eigenvalue weighted by molar-refractivity contribution is -0.0365. The predicted molar refractivity (Wildman–Crippen MR) is 76.9 cm³/mol. The molecule has 0 aliphatic carbocycles. The molecule has 0 fully saturated rings. The lowest BCUT2D eigenvalue weighted by atomic mass is 10.3. The third-order valence-electron chi connectivity index (χ3n) is 2.75. The number of nitrogens with one attached hydrogen (secondary N) is 1. The first-order valence-corrected chi connectivity index (χ1v) is 7.03.